The van der Waals surface area contributed by atoms with Crippen LogP contribution in [-0.2, 0) is 30.6 Å². The average Bonchev–Trinajstić information content (AvgIpc) is 3.53. The second kappa shape index (κ2) is 13.9. The highest BCUT2D eigenvalue weighted by molar-refractivity contribution is 8.00. The number of rotatable bonds is 11. The van der Waals surface area contributed by atoms with Gasteiger partial charge in [0.05, 0.1) is 11.5 Å². The van der Waals surface area contributed by atoms with Crippen LogP contribution in [0.1, 0.15) is 30.7 Å². The number of amides is 2. The smallest absolute Gasteiger partial charge is 0.352 e. The lowest BCUT2D eigenvalue weighted by Gasteiger charge is -2.49. The normalized spacial score (nSPS) is 17.6. The number of nitrogens with two attached hydrogens (primary N) is 1. The number of phenols is 2. The van der Waals surface area contributed by atoms with Gasteiger partial charge in [0.1, 0.15) is 28.6 Å². The number of carboxylic acid groups (broad SMARTS) is 2. The summed E-state index contributed by atoms with van der Waals surface area (Å²) >= 11 is 2.26. The molecule has 2 aromatic carbocycles. The zero-order valence-electron chi connectivity index (χ0n) is 27.4. The summed E-state index contributed by atoms with van der Waals surface area (Å²) < 4.78 is 1.80. The third kappa shape index (κ3) is 6.93. The van der Waals surface area contributed by atoms with Crippen LogP contribution in [0.2, 0.25) is 0 Å². The number of carbonyl (C=O) groups is 4. The van der Waals surface area contributed by atoms with Crippen molar-refractivity contribution in [2.24, 2.45) is 5.16 Å². The predicted molar refractivity (Wildman–Crippen MR) is 189 cm³/mol. The fraction of sp³-hybridized carbons (Fsp3) is 0.206. The summed E-state index contributed by atoms with van der Waals surface area (Å²) in [6.07, 6.45) is 5.00. The van der Waals surface area contributed by atoms with Crippen molar-refractivity contribution < 1.29 is 54.1 Å². The van der Waals surface area contributed by atoms with Crippen LogP contribution in [0.5, 0.6) is 17.2 Å². The minimum absolute atomic E-state index is 0.00160. The Kier molecular flexibility index (Phi) is 9.52. The Labute approximate surface area is 302 Å². The topological polar surface area (TPSA) is 249 Å². The second-order valence-electron chi connectivity index (χ2n) is 12.2. The van der Waals surface area contributed by atoms with Crippen LogP contribution in [0, 0.1) is 0 Å². The van der Waals surface area contributed by atoms with Crippen molar-refractivity contribution in [1.82, 2.24) is 15.2 Å². The summed E-state index contributed by atoms with van der Waals surface area (Å²) in [5, 5.41) is 57.0. The van der Waals surface area contributed by atoms with Gasteiger partial charge in [-0.05, 0) is 25.0 Å². The highest BCUT2D eigenvalue weighted by atomic mass is 32.2. The molecule has 18 heteroatoms. The Bertz CT molecular complexity index is 2230. The third-order valence-electron chi connectivity index (χ3n) is 8.25. The van der Waals surface area contributed by atoms with Gasteiger partial charge in [0.25, 0.3) is 11.8 Å². The monoisotopic (exact) mass is 747 g/mol. The Balaban J connectivity index is 1.16. The van der Waals surface area contributed by atoms with E-state index in [1.54, 1.807) is 22.9 Å². The van der Waals surface area contributed by atoms with Gasteiger partial charge in [0.2, 0.25) is 11.1 Å². The SMILES string of the molecule is CC(C)(O/N=C(\C(=O)NC1C(=O)N2C(C(=O)O)=C(/C=C/c3ccc(C[n+]4ccc(O)c5cc(O)c(O)cc54)cc3)CSC12)c1csc(N)n1)C(=O)O. The van der Waals surface area contributed by atoms with E-state index in [1.807, 2.05) is 24.3 Å². The number of anilines is 1. The maximum absolute atomic E-state index is 13.3. The molecule has 6 rings (SSSR count). The van der Waals surface area contributed by atoms with Gasteiger partial charge in [-0.3, -0.25) is 14.5 Å². The molecule has 16 nitrogen and oxygen atoms in total. The maximum atomic E-state index is 13.3. The Morgan fingerprint density at radius 2 is 1.81 bits per heavy atom. The zero-order valence-corrected chi connectivity index (χ0v) is 29.0. The number of pyridine rings is 1. The largest absolute Gasteiger partial charge is 0.507 e. The molecular weight excluding hydrogens is 717 g/mol. The van der Waals surface area contributed by atoms with Gasteiger partial charge >= 0.3 is 11.9 Å². The number of fused-ring (bicyclic) bond motifs is 2. The number of nitrogens with one attached hydrogen (secondary N) is 1. The number of thiazole rings is 1. The van der Waals surface area contributed by atoms with Gasteiger partial charge in [0.15, 0.2) is 35.1 Å². The summed E-state index contributed by atoms with van der Waals surface area (Å²) in [4.78, 5) is 60.8. The second-order valence-corrected chi connectivity index (χ2v) is 14.2. The first-order valence-corrected chi connectivity index (χ1v) is 17.3. The van der Waals surface area contributed by atoms with Gasteiger partial charge in [-0.25, -0.2) is 14.6 Å². The third-order valence-corrected chi connectivity index (χ3v) is 10.2. The summed E-state index contributed by atoms with van der Waals surface area (Å²) in [6.45, 7) is 2.85. The number of nitrogen functional groups attached to an aromatic ring is 1. The summed E-state index contributed by atoms with van der Waals surface area (Å²) in [6, 6.07) is 10.4. The molecule has 2 aliphatic rings. The number of benzene rings is 2. The first-order valence-electron chi connectivity index (χ1n) is 15.4. The van der Waals surface area contributed by atoms with Crippen LogP contribution in [0.15, 0.2) is 76.5 Å². The number of hydrogen-bond acceptors (Lipinski definition) is 13. The van der Waals surface area contributed by atoms with E-state index >= 15 is 0 Å². The molecule has 0 spiro atoms. The van der Waals surface area contributed by atoms with E-state index in [2.05, 4.69) is 15.5 Å². The lowest BCUT2D eigenvalue weighted by molar-refractivity contribution is -0.662. The molecule has 52 heavy (non-hydrogen) atoms. The predicted octanol–water partition coefficient (Wildman–Crippen LogP) is 2.37. The molecule has 0 radical (unpaired) electrons. The quantitative estimate of drug-likeness (QED) is 0.0383. The van der Waals surface area contributed by atoms with E-state index in [9.17, 15) is 44.7 Å². The fourth-order valence-corrected chi connectivity index (χ4v) is 7.25. The summed E-state index contributed by atoms with van der Waals surface area (Å²) in [7, 11) is 0. The molecule has 4 heterocycles. The molecule has 2 amide bonds. The zero-order chi connectivity index (χ0) is 37.5. The number of aromatic nitrogens is 2. The average molecular weight is 748 g/mol. The van der Waals surface area contributed by atoms with Crippen LogP contribution in [-0.4, -0.2) is 87.7 Å². The van der Waals surface area contributed by atoms with Gasteiger partial charge in [-0.1, -0.05) is 41.6 Å². The number of hydrogen-bond donors (Lipinski definition) is 7. The van der Waals surface area contributed by atoms with Crippen molar-refractivity contribution in [3.05, 3.63) is 88.2 Å². The van der Waals surface area contributed by atoms with E-state index in [4.69, 9.17) is 10.6 Å². The van der Waals surface area contributed by atoms with Crippen molar-refractivity contribution in [1.29, 1.82) is 0 Å². The van der Waals surface area contributed by atoms with Crippen molar-refractivity contribution in [2.45, 2.75) is 37.4 Å². The minimum Gasteiger partial charge on any atom is -0.507 e. The number of phenolic OH excluding ortho intramolecular Hbond substituents is 2. The number of carbonyl (C=O) groups excluding carboxylic acids is 2. The number of carboxylic acids is 2. The van der Waals surface area contributed by atoms with Crippen LogP contribution < -0.4 is 15.6 Å². The van der Waals surface area contributed by atoms with Gasteiger partial charge < -0.3 is 41.4 Å². The Morgan fingerprint density at radius 1 is 1.10 bits per heavy atom. The molecule has 2 aliphatic heterocycles. The van der Waals surface area contributed by atoms with Gasteiger partial charge in [-0.2, -0.15) is 4.57 Å². The molecule has 268 valence electrons. The molecule has 0 aliphatic carbocycles. The number of β-lactam (4-membered cyclic amide) rings is 1. The molecule has 0 bridgehead atoms. The van der Waals surface area contributed by atoms with Crippen LogP contribution >= 0.6 is 23.1 Å². The number of aromatic hydroxyl groups is 3. The van der Waals surface area contributed by atoms with Crippen molar-refractivity contribution in [2.75, 3.05) is 11.5 Å². The number of oxime groups is 1. The number of allylic oxidation sites excluding steroid dienone is 1. The highest BCUT2D eigenvalue weighted by Crippen LogP contribution is 2.41. The summed E-state index contributed by atoms with van der Waals surface area (Å²) in [5.41, 5.74) is 5.82. The van der Waals surface area contributed by atoms with E-state index < -0.39 is 46.5 Å². The van der Waals surface area contributed by atoms with Crippen molar-refractivity contribution in [3.8, 4) is 17.2 Å². The molecule has 4 aromatic rings. The summed E-state index contributed by atoms with van der Waals surface area (Å²) in [5.74, 6) is -4.71. The lowest BCUT2D eigenvalue weighted by Crippen LogP contribution is -2.71. The van der Waals surface area contributed by atoms with E-state index in [0.717, 1.165) is 27.4 Å². The molecule has 2 aromatic heterocycles. The van der Waals surface area contributed by atoms with Gasteiger partial charge in [0, 0.05) is 28.8 Å². The molecule has 2 unspecified atom stereocenters. The Morgan fingerprint density at radius 3 is 2.46 bits per heavy atom. The van der Waals surface area contributed by atoms with Crippen LogP contribution in [0.4, 0.5) is 5.13 Å². The molecule has 1 saturated heterocycles. The molecule has 1 fully saturated rings. The van der Waals surface area contributed by atoms with E-state index in [1.165, 1.54) is 49.2 Å². The molecular formula is C34H31N6O10S2+. The Hall–Kier alpha value is -6.14. The number of thioether (sulfide) groups is 1. The van der Waals surface area contributed by atoms with E-state index in [0.29, 0.717) is 23.0 Å². The molecule has 8 N–H and O–H groups in total. The van der Waals surface area contributed by atoms with Crippen molar-refractivity contribution in [3.63, 3.8) is 0 Å². The number of aliphatic carboxylic acids is 2. The molecule has 0 saturated carbocycles. The highest BCUT2D eigenvalue weighted by Gasteiger charge is 2.54. The first-order chi connectivity index (χ1) is 24.6. The standard InChI is InChI=1S/C34H30N6O10S2/c1-34(2,32(48)49)50-38-25(20-15-52-33(35)36-20)28(44)37-26-29(45)40-27(31(46)47)18(14-51-30(26)40)8-7-16-3-5-17(6-4-16)13-39-10-9-22(41)19-11-23(42)24(43)12-21(19)39/h3-12,15,26,30H,13-14H2,1-2H3,(H7,35,36,37,38,41,42,43,44,46,47,48,49)/p+1/b8-7+. The number of nitrogens with zero attached hydrogens (tertiary/aromatic N) is 4. The van der Waals surface area contributed by atoms with Crippen LogP contribution in [0.3, 0.4) is 0 Å². The minimum atomic E-state index is -1.79. The van der Waals surface area contributed by atoms with Crippen molar-refractivity contribution >= 4 is 74.7 Å². The first kappa shape index (κ1) is 35.7. The molecule has 2 atom stereocenters. The fourth-order valence-electron chi connectivity index (χ4n) is 5.39. The van der Waals surface area contributed by atoms with Crippen LogP contribution in [0.25, 0.3) is 17.0 Å². The van der Waals surface area contributed by atoms with E-state index in [-0.39, 0.29) is 39.5 Å². The lowest BCUT2D eigenvalue weighted by atomic mass is 10.0. The van der Waals surface area contributed by atoms with Gasteiger partial charge in [-0.15, -0.1) is 23.1 Å². The maximum Gasteiger partial charge on any atom is 0.352 e.